The molecule has 0 aliphatic carbocycles. The van der Waals surface area contributed by atoms with E-state index in [1.165, 1.54) is 20.3 Å². The predicted molar refractivity (Wildman–Crippen MR) is 75.9 cm³/mol. The zero-order valence-corrected chi connectivity index (χ0v) is 13.2. The molecule has 0 aliphatic rings. The van der Waals surface area contributed by atoms with Crippen molar-refractivity contribution in [2.45, 2.75) is 25.0 Å². The Balaban J connectivity index is 3.16. The Morgan fingerprint density at radius 1 is 1.29 bits per heavy atom. The van der Waals surface area contributed by atoms with Crippen LogP contribution in [0.25, 0.3) is 0 Å². The van der Waals surface area contributed by atoms with E-state index >= 15 is 0 Å². The average Bonchev–Trinajstić information content (AvgIpc) is 2.42. The number of methoxy groups -OCH3 is 2. The first kappa shape index (κ1) is 17.6. The van der Waals surface area contributed by atoms with Crippen molar-refractivity contribution in [3.63, 3.8) is 0 Å². The predicted octanol–water partition coefficient (Wildman–Crippen LogP) is 0.899. The maximum Gasteiger partial charge on any atom is 0.335 e. The molecule has 0 amide bonds. The molecule has 0 atom stereocenters. The van der Waals surface area contributed by atoms with Crippen LogP contribution in [-0.4, -0.2) is 46.5 Å². The van der Waals surface area contributed by atoms with Crippen molar-refractivity contribution < 1.29 is 27.8 Å². The van der Waals surface area contributed by atoms with Crippen molar-refractivity contribution in [1.29, 1.82) is 0 Å². The topological polar surface area (TPSA) is 102 Å². The van der Waals surface area contributed by atoms with Gasteiger partial charge in [-0.3, -0.25) is 0 Å². The van der Waals surface area contributed by atoms with Crippen LogP contribution in [0.3, 0.4) is 0 Å². The molecular weight excluding hydrogens is 298 g/mol. The number of carbonyl (C=O) groups is 1. The van der Waals surface area contributed by atoms with E-state index in [2.05, 4.69) is 4.72 Å². The molecule has 0 saturated heterocycles. The number of sulfonamides is 1. The summed E-state index contributed by atoms with van der Waals surface area (Å²) in [5.74, 6) is -1.18. The molecule has 0 unspecified atom stereocenters. The first-order chi connectivity index (χ1) is 9.72. The molecule has 0 saturated carbocycles. The van der Waals surface area contributed by atoms with Crippen LogP contribution >= 0.6 is 0 Å². The Kier molecular flexibility index (Phi) is 5.85. The summed E-state index contributed by atoms with van der Waals surface area (Å²) in [6.45, 7) is 3.21. The number of ether oxygens (including phenoxy) is 2. The minimum atomic E-state index is -3.86. The quantitative estimate of drug-likeness (QED) is 0.724. The number of carboxylic acid groups (broad SMARTS) is 1. The van der Waals surface area contributed by atoms with Gasteiger partial charge in [-0.25, -0.2) is 17.9 Å². The number of aromatic carboxylic acids is 1. The maximum absolute atomic E-state index is 12.3. The molecule has 0 aliphatic heterocycles. The first-order valence-electron chi connectivity index (χ1n) is 6.12. The summed E-state index contributed by atoms with van der Waals surface area (Å²) >= 11 is 0. The molecular formula is C13H19NO6S. The van der Waals surface area contributed by atoms with Crippen molar-refractivity contribution in [3.05, 3.63) is 28.8 Å². The molecule has 0 bridgehead atoms. The highest BCUT2D eigenvalue weighted by Crippen LogP contribution is 2.21. The monoisotopic (exact) mass is 317 g/mol. The van der Waals surface area contributed by atoms with Gasteiger partial charge in [0, 0.05) is 14.2 Å². The fourth-order valence-corrected chi connectivity index (χ4v) is 3.11. The van der Waals surface area contributed by atoms with E-state index < -0.39 is 22.3 Å². The lowest BCUT2D eigenvalue weighted by molar-refractivity contribution is -0.0960. The van der Waals surface area contributed by atoms with Crippen LogP contribution in [0.2, 0.25) is 0 Å². The third-order valence-corrected chi connectivity index (χ3v) is 4.67. The highest BCUT2D eigenvalue weighted by molar-refractivity contribution is 7.89. The fraction of sp³-hybridized carbons (Fsp3) is 0.462. The lowest BCUT2D eigenvalue weighted by Gasteiger charge is -2.16. The lowest BCUT2D eigenvalue weighted by atomic mass is 10.1. The standard InChI is InChI=1S/C13H19NO6S/c1-8-5-10(13(15)16)6-11(9(8)2)21(17,18)14-7-12(19-3)20-4/h5-6,12,14H,7H2,1-4H3,(H,15,16). The fourth-order valence-electron chi connectivity index (χ4n) is 1.75. The van der Waals surface area contributed by atoms with Crippen molar-refractivity contribution in [2.75, 3.05) is 20.8 Å². The van der Waals surface area contributed by atoms with Gasteiger partial charge in [0.05, 0.1) is 17.0 Å². The third kappa shape index (κ3) is 4.24. The van der Waals surface area contributed by atoms with Gasteiger partial charge < -0.3 is 14.6 Å². The summed E-state index contributed by atoms with van der Waals surface area (Å²) in [7, 11) is -1.07. The van der Waals surface area contributed by atoms with Crippen LogP contribution in [-0.2, 0) is 19.5 Å². The number of benzene rings is 1. The Morgan fingerprint density at radius 2 is 1.86 bits per heavy atom. The van der Waals surface area contributed by atoms with E-state index in [0.717, 1.165) is 6.07 Å². The molecule has 0 heterocycles. The van der Waals surface area contributed by atoms with Gasteiger partial charge in [-0.1, -0.05) is 0 Å². The van der Waals surface area contributed by atoms with Gasteiger partial charge in [-0.15, -0.1) is 0 Å². The minimum Gasteiger partial charge on any atom is -0.478 e. The SMILES string of the molecule is COC(CNS(=O)(=O)c1cc(C(=O)O)cc(C)c1C)OC. The number of rotatable bonds is 7. The van der Waals surface area contributed by atoms with E-state index in [1.54, 1.807) is 13.8 Å². The van der Waals surface area contributed by atoms with Gasteiger partial charge in [-0.2, -0.15) is 0 Å². The summed E-state index contributed by atoms with van der Waals surface area (Å²) in [6.07, 6.45) is -0.719. The van der Waals surface area contributed by atoms with Crippen molar-refractivity contribution in [1.82, 2.24) is 4.72 Å². The molecule has 2 N–H and O–H groups in total. The summed E-state index contributed by atoms with van der Waals surface area (Å²) in [5.41, 5.74) is 1.01. The average molecular weight is 317 g/mol. The molecule has 0 radical (unpaired) electrons. The smallest absolute Gasteiger partial charge is 0.335 e. The third-order valence-electron chi connectivity index (χ3n) is 3.12. The number of carboxylic acids is 1. The van der Waals surface area contributed by atoms with Crippen LogP contribution in [0.5, 0.6) is 0 Å². The van der Waals surface area contributed by atoms with Crippen molar-refractivity contribution >= 4 is 16.0 Å². The molecule has 8 heteroatoms. The van der Waals surface area contributed by atoms with Gasteiger partial charge >= 0.3 is 5.97 Å². The van der Waals surface area contributed by atoms with Gasteiger partial charge in [0.1, 0.15) is 0 Å². The van der Waals surface area contributed by atoms with Gasteiger partial charge in [0.2, 0.25) is 10.0 Å². The largest absolute Gasteiger partial charge is 0.478 e. The van der Waals surface area contributed by atoms with Gasteiger partial charge in [-0.05, 0) is 37.1 Å². The van der Waals surface area contributed by atoms with Gasteiger partial charge in [0.15, 0.2) is 6.29 Å². The van der Waals surface area contributed by atoms with E-state index in [4.69, 9.17) is 14.6 Å². The molecule has 0 aromatic heterocycles. The zero-order valence-electron chi connectivity index (χ0n) is 12.3. The first-order valence-corrected chi connectivity index (χ1v) is 7.61. The van der Waals surface area contributed by atoms with E-state index in [9.17, 15) is 13.2 Å². The number of nitrogens with one attached hydrogen (secondary N) is 1. The van der Waals surface area contributed by atoms with Crippen LogP contribution < -0.4 is 4.72 Å². The van der Waals surface area contributed by atoms with E-state index in [-0.39, 0.29) is 17.0 Å². The lowest BCUT2D eigenvalue weighted by Crippen LogP contribution is -2.34. The van der Waals surface area contributed by atoms with Crippen molar-refractivity contribution in [2.24, 2.45) is 0 Å². The summed E-state index contributed by atoms with van der Waals surface area (Å²) in [5, 5.41) is 9.03. The zero-order chi connectivity index (χ0) is 16.2. The second-order valence-electron chi connectivity index (χ2n) is 4.47. The normalized spacial score (nSPS) is 11.9. The Bertz CT molecular complexity index is 622. The van der Waals surface area contributed by atoms with Crippen LogP contribution in [0.15, 0.2) is 17.0 Å². The molecule has 0 spiro atoms. The summed E-state index contributed by atoms with van der Waals surface area (Å²) in [4.78, 5) is 11.0. The molecule has 0 fully saturated rings. The second kappa shape index (κ2) is 6.99. The Morgan fingerprint density at radius 3 is 2.33 bits per heavy atom. The summed E-state index contributed by atoms with van der Waals surface area (Å²) < 4.78 is 36.7. The van der Waals surface area contributed by atoms with E-state index in [0.29, 0.717) is 11.1 Å². The second-order valence-corrected chi connectivity index (χ2v) is 6.21. The maximum atomic E-state index is 12.3. The molecule has 1 aromatic carbocycles. The van der Waals surface area contributed by atoms with Crippen LogP contribution in [0.1, 0.15) is 21.5 Å². The molecule has 1 aromatic rings. The van der Waals surface area contributed by atoms with Crippen LogP contribution in [0, 0.1) is 13.8 Å². The number of aryl methyl sites for hydroxylation is 1. The van der Waals surface area contributed by atoms with E-state index in [1.807, 2.05) is 0 Å². The number of hydrogen-bond acceptors (Lipinski definition) is 5. The molecule has 7 nitrogen and oxygen atoms in total. The molecule has 21 heavy (non-hydrogen) atoms. The van der Waals surface area contributed by atoms with Crippen LogP contribution in [0.4, 0.5) is 0 Å². The Hall–Kier alpha value is -1.48. The highest BCUT2D eigenvalue weighted by Gasteiger charge is 2.21. The summed E-state index contributed by atoms with van der Waals surface area (Å²) in [6, 6.07) is 2.57. The van der Waals surface area contributed by atoms with Crippen molar-refractivity contribution in [3.8, 4) is 0 Å². The number of hydrogen-bond donors (Lipinski definition) is 2. The molecule has 1 rings (SSSR count). The molecule has 118 valence electrons. The highest BCUT2D eigenvalue weighted by atomic mass is 32.2. The minimum absolute atomic E-state index is 0.0640. The van der Waals surface area contributed by atoms with Gasteiger partial charge in [0.25, 0.3) is 0 Å². The Labute approximate surface area is 123 Å².